The normalized spacial score (nSPS) is 8.12. The van der Waals surface area contributed by atoms with Crippen LogP contribution in [0.3, 0.4) is 0 Å². The molecule has 0 spiro atoms. The van der Waals surface area contributed by atoms with Crippen molar-refractivity contribution in [1.82, 2.24) is 0 Å². The maximum atomic E-state index is 8.92. The minimum Gasteiger partial charge on any atom is -0.495 e. The third kappa shape index (κ3) is 2.75. The molecule has 1 rings (SSSR count). The summed E-state index contributed by atoms with van der Waals surface area (Å²) in [7, 11) is 1.47. The van der Waals surface area contributed by atoms with Gasteiger partial charge in [0.2, 0.25) is 0 Å². The van der Waals surface area contributed by atoms with Crippen LogP contribution >= 0.6 is 0 Å². The largest absolute Gasteiger partial charge is 0.495 e. The number of nitrogens with zero attached hydrogens (tertiary/aromatic N) is 3. The average Bonchev–Trinajstić information content (AvgIpc) is 2.39. The molecule has 1 aromatic carbocycles. The molecule has 1 N–H and O–H groups in total. The number of hydrogen-bond donors (Lipinski definition) is 1. The highest BCUT2D eigenvalue weighted by atomic mass is 16.5. The van der Waals surface area contributed by atoms with Gasteiger partial charge < -0.3 is 10.1 Å². The van der Waals surface area contributed by atoms with Gasteiger partial charge in [-0.25, -0.2) is 0 Å². The van der Waals surface area contributed by atoms with E-state index in [0.29, 0.717) is 17.0 Å². The third-order valence-corrected chi connectivity index (χ3v) is 1.97. The molecule has 0 radical (unpaired) electrons. The van der Waals surface area contributed by atoms with Gasteiger partial charge in [0.15, 0.2) is 0 Å². The molecule has 0 saturated heterocycles. The summed E-state index contributed by atoms with van der Waals surface area (Å²) in [5.41, 5.74) is 0.719. The van der Waals surface area contributed by atoms with Crippen LogP contribution in [0, 0.1) is 34.0 Å². The molecule has 0 aromatic heterocycles. The van der Waals surface area contributed by atoms with Crippen molar-refractivity contribution in [3.63, 3.8) is 0 Å². The number of para-hydroxylation sites is 1. The minimum atomic E-state index is -0.0835. The fourth-order valence-corrected chi connectivity index (χ4v) is 1.18. The second-order valence-electron chi connectivity index (χ2n) is 2.92. The Kier molecular flexibility index (Phi) is 4.13. The SMILES string of the molecule is COc1cccc(C#N)c1NC=C(C#N)C#N. The first kappa shape index (κ1) is 12.1. The van der Waals surface area contributed by atoms with Crippen LogP contribution in [0.5, 0.6) is 5.75 Å². The molecule has 0 aliphatic rings. The molecule has 0 saturated carbocycles. The standard InChI is InChI=1S/C12H8N4O/c1-17-11-4-2-3-10(7-15)12(11)16-8-9(5-13)6-14/h2-4,8,16H,1H3. The van der Waals surface area contributed by atoms with Crippen LogP contribution in [0.15, 0.2) is 30.0 Å². The van der Waals surface area contributed by atoms with Crippen molar-refractivity contribution in [2.24, 2.45) is 0 Å². The van der Waals surface area contributed by atoms with Gasteiger partial charge in [0.1, 0.15) is 29.5 Å². The van der Waals surface area contributed by atoms with Crippen molar-refractivity contribution in [2.75, 3.05) is 12.4 Å². The molecule has 0 atom stereocenters. The maximum absolute atomic E-state index is 8.92. The monoisotopic (exact) mass is 224 g/mol. The highest BCUT2D eigenvalue weighted by molar-refractivity contribution is 5.68. The number of nitriles is 3. The molecule has 0 heterocycles. The Labute approximate surface area is 98.8 Å². The van der Waals surface area contributed by atoms with E-state index < -0.39 is 0 Å². The van der Waals surface area contributed by atoms with Crippen LogP contribution in [-0.4, -0.2) is 7.11 Å². The van der Waals surface area contributed by atoms with Crippen LogP contribution in [0.1, 0.15) is 5.56 Å². The Morgan fingerprint density at radius 3 is 2.53 bits per heavy atom. The van der Waals surface area contributed by atoms with Gasteiger partial charge >= 0.3 is 0 Å². The summed E-state index contributed by atoms with van der Waals surface area (Å²) in [6, 6.07) is 10.4. The van der Waals surface area contributed by atoms with Crippen molar-refractivity contribution < 1.29 is 4.74 Å². The molecule has 0 unspecified atom stereocenters. The fourth-order valence-electron chi connectivity index (χ4n) is 1.18. The number of benzene rings is 1. The predicted molar refractivity (Wildman–Crippen MR) is 60.6 cm³/mol. The van der Waals surface area contributed by atoms with Crippen LogP contribution in [-0.2, 0) is 0 Å². The molecule has 0 aliphatic heterocycles. The van der Waals surface area contributed by atoms with Gasteiger partial charge in [-0.1, -0.05) is 6.07 Å². The molecule has 1 aromatic rings. The number of hydrogen-bond acceptors (Lipinski definition) is 5. The zero-order valence-electron chi connectivity index (χ0n) is 9.06. The zero-order chi connectivity index (χ0) is 12.7. The van der Waals surface area contributed by atoms with Gasteiger partial charge in [-0.2, -0.15) is 15.8 Å². The first-order chi connectivity index (χ1) is 8.26. The Morgan fingerprint density at radius 1 is 1.29 bits per heavy atom. The van der Waals surface area contributed by atoms with Crippen molar-refractivity contribution in [2.45, 2.75) is 0 Å². The lowest BCUT2D eigenvalue weighted by Crippen LogP contribution is -1.97. The molecule has 0 amide bonds. The van der Waals surface area contributed by atoms with Crippen LogP contribution in [0.2, 0.25) is 0 Å². The second-order valence-corrected chi connectivity index (χ2v) is 2.92. The Balaban J connectivity index is 3.15. The number of methoxy groups -OCH3 is 1. The van der Waals surface area contributed by atoms with Crippen LogP contribution in [0.25, 0.3) is 0 Å². The van der Waals surface area contributed by atoms with Gasteiger partial charge in [-0.05, 0) is 12.1 Å². The lowest BCUT2D eigenvalue weighted by Gasteiger charge is -2.09. The summed E-state index contributed by atoms with van der Waals surface area (Å²) in [6.07, 6.45) is 1.23. The number of nitrogens with one attached hydrogen (secondary N) is 1. The highest BCUT2D eigenvalue weighted by Crippen LogP contribution is 2.27. The quantitative estimate of drug-likeness (QED) is 0.791. The van der Waals surface area contributed by atoms with Gasteiger partial charge in [-0.15, -0.1) is 0 Å². The van der Waals surface area contributed by atoms with Gasteiger partial charge in [0, 0.05) is 6.20 Å². The number of rotatable bonds is 3. The van der Waals surface area contributed by atoms with E-state index in [-0.39, 0.29) is 5.57 Å². The van der Waals surface area contributed by atoms with E-state index >= 15 is 0 Å². The first-order valence-electron chi connectivity index (χ1n) is 4.60. The van der Waals surface area contributed by atoms with Gasteiger partial charge in [-0.3, -0.25) is 0 Å². The second kappa shape index (κ2) is 5.80. The molecular weight excluding hydrogens is 216 g/mol. The van der Waals surface area contributed by atoms with E-state index in [1.54, 1.807) is 30.3 Å². The Hall–Kier alpha value is -2.97. The lowest BCUT2D eigenvalue weighted by atomic mass is 10.2. The zero-order valence-corrected chi connectivity index (χ0v) is 9.06. The summed E-state index contributed by atoms with van der Waals surface area (Å²) in [5.74, 6) is 0.468. The van der Waals surface area contributed by atoms with Crippen LogP contribution in [0.4, 0.5) is 5.69 Å². The van der Waals surface area contributed by atoms with Gasteiger partial charge in [0.25, 0.3) is 0 Å². The van der Waals surface area contributed by atoms with Crippen molar-refractivity contribution >= 4 is 5.69 Å². The smallest absolute Gasteiger partial charge is 0.145 e. The molecular formula is C12H8N4O. The summed E-state index contributed by atoms with van der Waals surface area (Å²) in [4.78, 5) is 0. The third-order valence-electron chi connectivity index (χ3n) is 1.97. The fraction of sp³-hybridized carbons (Fsp3) is 0.0833. The molecule has 5 heteroatoms. The van der Waals surface area contributed by atoms with E-state index in [1.807, 2.05) is 6.07 Å². The lowest BCUT2D eigenvalue weighted by molar-refractivity contribution is 0.416. The molecule has 0 bridgehead atoms. The predicted octanol–water partition coefficient (Wildman–Crippen LogP) is 1.91. The average molecular weight is 224 g/mol. The summed E-state index contributed by atoms with van der Waals surface area (Å²) >= 11 is 0. The van der Waals surface area contributed by atoms with E-state index in [2.05, 4.69) is 5.32 Å². The number of allylic oxidation sites excluding steroid dienone is 1. The van der Waals surface area contributed by atoms with Crippen molar-refractivity contribution in [1.29, 1.82) is 15.8 Å². The highest BCUT2D eigenvalue weighted by Gasteiger charge is 2.07. The minimum absolute atomic E-state index is 0.0835. The van der Waals surface area contributed by atoms with E-state index in [9.17, 15) is 0 Å². The molecule has 82 valence electrons. The van der Waals surface area contributed by atoms with Crippen LogP contribution < -0.4 is 10.1 Å². The van der Waals surface area contributed by atoms with Crippen molar-refractivity contribution in [3.8, 4) is 24.0 Å². The summed E-state index contributed by atoms with van der Waals surface area (Å²) in [5, 5.41) is 28.8. The molecule has 0 fully saturated rings. The first-order valence-corrected chi connectivity index (χ1v) is 4.60. The maximum Gasteiger partial charge on any atom is 0.145 e. The topological polar surface area (TPSA) is 92.6 Å². The molecule has 0 aliphatic carbocycles. The Morgan fingerprint density at radius 2 is 2.00 bits per heavy atom. The van der Waals surface area contributed by atoms with Gasteiger partial charge in [0.05, 0.1) is 18.4 Å². The molecule has 5 nitrogen and oxygen atoms in total. The Bertz CT molecular complexity index is 554. The van der Waals surface area contributed by atoms with E-state index in [4.69, 9.17) is 20.5 Å². The van der Waals surface area contributed by atoms with Crippen molar-refractivity contribution in [3.05, 3.63) is 35.5 Å². The van der Waals surface area contributed by atoms with E-state index in [1.165, 1.54) is 13.3 Å². The van der Waals surface area contributed by atoms with E-state index in [0.717, 1.165) is 0 Å². The summed E-state index contributed by atoms with van der Waals surface area (Å²) in [6.45, 7) is 0. The summed E-state index contributed by atoms with van der Waals surface area (Å²) < 4.78 is 5.08. The number of anilines is 1. The number of ether oxygens (including phenoxy) is 1. The molecule has 17 heavy (non-hydrogen) atoms.